The molecule has 22 heavy (non-hydrogen) atoms. The van der Waals surface area contributed by atoms with Gasteiger partial charge in [0.05, 0.1) is 0 Å². The smallest absolute Gasteiger partial charge is 0.106 e. The normalized spacial score (nSPS) is 57.8. The molecular weight excluding hydrogens is 271 g/mol. The van der Waals surface area contributed by atoms with Gasteiger partial charge in [-0.05, 0) is 92.8 Å². The van der Waals surface area contributed by atoms with Crippen LogP contribution in [0.4, 0.5) is 4.39 Å². The number of alkyl halides is 1. The molecular formula is C21H35F. The van der Waals surface area contributed by atoms with Gasteiger partial charge in [0.2, 0.25) is 0 Å². The van der Waals surface area contributed by atoms with E-state index in [0.29, 0.717) is 11.3 Å². The first-order valence-electron chi connectivity index (χ1n) is 10.1. The van der Waals surface area contributed by atoms with Gasteiger partial charge in [-0.25, -0.2) is 4.39 Å². The molecule has 0 nitrogen and oxygen atoms in total. The molecule has 8 atom stereocenters. The maximum atomic E-state index is 14.5. The van der Waals surface area contributed by atoms with Gasteiger partial charge in [-0.1, -0.05) is 27.2 Å². The van der Waals surface area contributed by atoms with Gasteiger partial charge in [-0.3, -0.25) is 0 Å². The van der Waals surface area contributed by atoms with Gasteiger partial charge in [0.1, 0.15) is 6.17 Å². The van der Waals surface area contributed by atoms with Crippen LogP contribution in [0.25, 0.3) is 0 Å². The van der Waals surface area contributed by atoms with E-state index in [0.717, 1.165) is 30.1 Å². The molecule has 0 spiro atoms. The summed E-state index contributed by atoms with van der Waals surface area (Å²) in [4.78, 5) is 0. The van der Waals surface area contributed by atoms with Gasteiger partial charge in [-0.15, -0.1) is 0 Å². The fraction of sp³-hybridized carbons (Fsp3) is 1.00. The van der Waals surface area contributed by atoms with Crippen LogP contribution >= 0.6 is 0 Å². The summed E-state index contributed by atoms with van der Waals surface area (Å²) in [6.45, 7) is 7.30. The van der Waals surface area contributed by atoms with Crippen LogP contribution in [0.1, 0.15) is 85.0 Å². The Balaban J connectivity index is 1.59. The number of hydrogen-bond acceptors (Lipinski definition) is 0. The van der Waals surface area contributed by atoms with Crippen LogP contribution in [-0.4, -0.2) is 6.17 Å². The van der Waals surface area contributed by atoms with Crippen molar-refractivity contribution < 1.29 is 4.39 Å². The summed E-state index contributed by atoms with van der Waals surface area (Å²) in [5, 5.41) is 0. The molecule has 0 saturated heterocycles. The fourth-order valence-corrected chi connectivity index (χ4v) is 7.65. The lowest BCUT2D eigenvalue weighted by molar-refractivity contribution is -0.119. The maximum absolute atomic E-state index is 14.5. The molecule has 0 heterocycles. The monoisotopic (exact) mass is 306 g/mol. The zero-order chi connectivity index (χ0) is 15.5. The Bertz CT molecular complexity index is 432. The Hall–Kier alpha value is -0.0700. The summed E-state index contributed by atoms with van der Waals surface area (Å²) in [6.07, 6.45) is 12.6. The van der Waals surface area contributed by atoms with Crippen LogP contribution < -0.4 is 0 Å². The van der Waals surface area contributed by atoms with Crippen molar-refractivity contribution in [2.45, 2.75) is 91.2 Å². The molecule has 4 saturated carbocycles. The molecule has 4 fully saturated rings. The van der Waals surface area contributed by atoms with Gasteiger partial charge < -0.3 is 0 Å². The van der Waals surface area contributed by atoms with E-state index in [1.54, 1.807) is 0 Å². The third-order valence-electron chi connectivity index (χ3n) is 9.24. The van der Waals surface area contributed by atoms with Crippen molar-refractivity contribution in [2.75, 3.05) is 0 Å². The third kappa shape index (κ3) is 1.99. The summed E-state index contributed by atoms with van der Waals surface area (Å²) in [7, 11) is 0. The van der Waals surface area contributed by atoms with Crippen LogP contribution in [0.15, 0.2) is 0 Å². The lowest BCUT2D eigenvalue weighted by Crippen LogP contribution is -2.53. The van der Waals surface area contributed by atoms with E-state index in [1.807, 2.05) is 0 Å². The van der Waals surface area contributed by atoms with Crippen LogP contribution in [-0.2, 0) is 0 Å². The topological polar surface area (TPSA) is 0 Å². The highest BCUT2D eigenvalue weighted by Crippen LogP contribution is 2.67. The Kier molecular flexibility index (Phi) is 3.66. The van der Waals surface area contributed by atoms with Crippen molar-refractivity contribution in [3.63, 3.8) is 0 Å². The van der Waals surface area contributed by atoms with Crippen molar-refractivity contribution in [3.8, 4) is 0 Å². The third-order valence-corrected chi connectivity index (χ3v) is 9.24. The molecule has 0 aromatic rings. The molecule has 126 valence electrons. The van der Waals surface area contributed by atoms with Crippen molar-refractivity contribution in [3.05, 3.63) is 0 Å². The molecule has 0 N–H and O–H groups in total. The van der Waals surface area contributed by atoms with Gasteiger partial charge in [-0.2, -0.15) is 0 Å². The molecule has 0 radical (unpaired) electrons. The van der Waals surface area contributed by atoms with Gasteiger partial charge in [0, 0.05) is 5.41 Å². The average Bonchev–Trinajstić information content (AvgIpc) is 2.82. The highest BCUT2D eigenvalue weighted by molar-refractivity contribution is 5.09. The first-order chi connectivity index (χ1) is 10.5. The Morgan fingerprint density at radius 1 is 0.864 bits per heavy atom. The zero-order valence-corrected chi connectivity index (χ0v) is 14.9. The zero-order valence-electron chi connectivity index (χ0n) is 14.9. The molecule has 0 aliphatic heterocycles. The highest BCUT2D eigenvalue weighted by Gasteiger charge is 2.60. The van der Waals surface area contributed by atoms with Crippen molar-refractivity contribution in [1.82, 2.24) is 0 Å². The number of rotatable bonds is 1. The standard InChI is InChI=1S/C21H35F/c1-4-14-9-11-20(2)15(13-14)5-6-16-17-7-8-19(22)21(17,3)12-10-18(16)20/h14-19H,4-13H2,1-3H3/t14-,15-,16?,17?,18?,19?,20-,21-/m0/s1. The van der Waals surface area contributed by atoms with Gasteiger partial charge in [0.15, 0.2) is 0 Å². The first-order valence-corrected chi connectivity index (χ1v) is 10.1. The van der Waals surface area contributed by atoms with Crippen molar-refractivity contribution >= 4 is 0 Å². The van der Waals surface area contributed by atoms with Gasteiger partial charge in [0.25, 0.3) is 0 Å². The highest BCUT2D eigenvalue weighted by atomic mass is 19.1. The molecule has 0 aromatic heterocycles. The summed E-state index contributed by atoms with van der Waals surface area (Å²) < 4.78 is 14.5. The van der Waals surface area contributed by atoms with Crippen LogP contribution in [0.3, 0.4) is 0 Å². The SMILES string of the molecule is CC[C@H]1CC[C@]2(C)C3CC[C@]4(C)C(F)CCC4C3CC[C@H]2C1. The molecule has 4 rings (SSSR count). The predicted molar refractivity (Wildman–Crippen MR) is 90.4 cm³/mol. The molecule has 0 amide bonds. The maximum Gasteiger partial charge on any atom is 0.106 e. The van der Waals surface area contributed by atoms with E-state index in [-0.39, 0.29) is 5.41 Å². The van der Waals surface area contributed by atoms with E-state index in [2.05, 4.69) is 20.8 Å². The van der Waals surface area contributed by atoms with E-state index in [4.69, 9.17) is 0 Å². The molecule has 4 aliphatic carbocycles. The second-order valence-electron chi connectivity index (χ2n) is 9.79. The predicted octanol–water partition coefficient (Wildman–Crippen LogP) is 6.39. The lowest BCUT2D eigenvalue weighted by atomic mass is 9.44. The van der Waals surface area contributed by atoms with Crippen LogP contribution in [0.5, 0.6) is 0 Å². The Labute approximate surface area is 136 Å². The Morgan fingerprint density at radius 2 is 1.59 bits per heavy atom. The van der Waals surface area contributed by atoms with Crippen LogP contribution in [0, 0.1) is 40.4 Å². The number of hydrogen-bond donors (Lipinski definition) is 0. The number of fused-ring (bicyclic) bond motifs is 5. The quantitative estimate of drug-likeness (QED) is 0.526. The van der Waals surface area contributed by atoms with E-state index < -0.39 is 6.17 Å². The molecule has 4 unspecified atom stereocenters. The second-order valence-corrected chi connectivity index (χ2v) is 9.79. The largest absolute Gasteiger partial charge is 0.247 e. The number of halogens is 1. The average molecular weight is 307 g/mol. The second kappa shape index (κ2) is 5.21. The summed E-state index contributed by atoms with van der Waals surface area (Å²) in [5.74, 6) is 4.42. The van der Waals surface area contributed by atoms with Crippen molar-refractivity contribution in [1.29, 1.82) is 0 Å². The van der Waals surface area contributed by atoms with Crippen LogP contribution in [0.2, 0.25) is 0 Å². The minimum Gasteiger partial charge on any atom is -0.247 e. The molecule has 1 heteroatoms. The summed E-state index contributed by atoms with van der Waals surface area (Å²) in [6, 6.07) is 0. The molecule has 4 aliphatic rings. The minimum atomic E-state index is -0.514. The van der Waals surface area contributed by atoms with E-state index in [9.17, 15) is 4.39 Å². The summed E-state index contributed by atoms with van der Waals surface area (Å²) >= 11 is 0. The lowest BCUT2D eigenvalue weighted by Gasteiger charge is -2.60. The van der Waals surface area contributed by atoms with E-state index >= 15 is 0 Å². The minimum absolute atomic E-state index is 0.0327. The first kappa shape index (κ1) is 15.5. The fourth-order valence-electron chi connectivity index (χ4n) is 7.65. The molecule has 0 aromatic carbocycles. The van der Waals surface area contributed by atoms with Gasteiger partial charge >= 0.3 is 0 Å². The molecule has 0 bridgehead atoms. The Morgan fingerprint density at radius 3 is 2.36 bits per heavy atom. The van der Waals surface area contributed by atoms with E-state index in [1.165, 1.54) is 57.8 Å². The van der Waals surface area contributed by atoms with Crippen molar-refractivity contribution in [2.24, 2.45) is 40.4 Å². The summed E-state index contributed by atoms with van der Waals surface area (Å²) in [5.41, 5.74) is 0.620.